The Morgan fingerprint density at radius 1 is 1.11 bits per heavy atom. The number of aryl methyl sites for hydroxylation is 1. The Labute approximate surface area is 159 Å². The Kier molecular flexibility index (Phi) is 6.91. The fourth-order valence-corrected chi connectivity index (χ4v) is 2.91. The molecule has 10 nitrogen and oxygen atoms in total. The van der Waals surface area contributed by atoms with E-state index in [1.54, 1.807) is 23.4 Å². The van der Waals surface area contributed by atoms with Gasteiger partial charge in [-0.1, -0.05) is 0 Å². The summed E-state index contributed by atoms with van der Waals surface area (Å²) in [6, 6.07) is 1.85. The van der Waals surface area contributed by atoms with Gasteiger partial charge in [0.1, 0.15) is 18.7 Å². The van der Waals surface area contributed by atoms with Gasteiger partial charge >= 0.3 is 0 Å². The van der Waals surface area contributed by atoms with Crippen LogP contribution in [0.1, 0.15) is 12.7 Å². The second-order valence-electron chi connectivity index (χ2n) is 6.30. The van der Waals surface area contributed by atoms with Crippen molar-refractivity contribution in [1.82, 2.24) is 40.3 Å². The standard InChI is InChI=1S/C17H28N10/c1-3-18-16(22-13-15-23-14-24-25(15)2)19-7-8-26-9-11-27(12-10-26)17-20-5-4-6-21-17/h4-6,14H,3,7-13H2,1-2H3,(H2,18,19,22). The number of nitrogens with one attached hydrogen (secondary N) is 2. The molecule has 0 amide bonds. The van der Waals surface area contributed by atoms with Crippen LogP contribution in [0.5, 0.6) is 0 Å². The summed E-state index contributed by atoms with van der Waals surface area (Å²) in [6.07, 6.45) is 5.13. The summed E-state index contributed by atoms with van der Waals surface area (Å²) < 4.78 is 1.74. The maximum Gasteiger partial charge on any atom is 0.225 e. The zero-order valence-electron chi connectivity index (χ0n) is 16.0. The molecule has 0 unspecified atom stereocenters. The molecular formula is C17H28N10. The van der Waals surface area contributed by atoms with Crippen molar-refractivity contribution in [1.29, 1.82) is 0 Å². The molecule has 10 heteroatoms. The maximum absolute atomic E-state index is 4.58. The summed E-state index contributed by atoms with van der Waals surface area (Å²) in [4.78, 5) is 22.1. The molecule has 0 atom stereocenters. The SMILES string of the molecule is CCNC(=NCc1ncnn1C)NCCN1CCN(c2ncccn2)CC1. The average Bonchev–Trinajstić information content (AvgIpc) is 3.12. The first-order valence-corrected chi connectivity index (χ1v) is 9.35. The maximum atomic E-state index is 4.58. The van der Waals surface area contributed by atoms with Gasteiger partial charge in [-0.3, -0.25) is 9.58 Å². The highest BCUT2D eigenvalue weighted by Crippen LogP contribution is 2.09. The van der Waals surface area contributed by atoms with Gasteiger partial charge in [-0.2, -0.15) is 5.10 Å². The van der Waals surface area contributed by atoms with Gasteiger partial charge in [-0.25, -0.2) is 19.9 Å². The number of guanidine groups is 1. The molecule has 27 heavy (non-hydrogen) atoms. The van der Waals surface area contributed by atoms with Gasteiger partial charge < -0.3 is 15.5 Å². The molecule has 146 valence electrons. The quantitative estimate of drug-likeness (QED) is 0.495. The van der Waals surface area contributed by atoms with E-state index in [0.717, 1.165) is 63.5 Å². The van der Waals surface area contributed by atoms with E-state index in [9.17, 15) is 0 Å². The fourth-order valence-electron chi connectivity index (χ4n) is 2.91. The van der Waals surface area contributed by atoms with Crippen LogP contribution in [0.15, 0.2) is 29.8 Å². The predicted octanol–water partition coefficient (Wildman–Crippen LogP) is -0.518. The van der Waals surface area contributed by atoms with Crippen molar-refractivity contribution in [3.05, 3.63) is 30.6 Å². The molecule has 0 aromatic carbocycles. The first-order valence-electron chi connectivity index (χ1n) is 9.35. The highest BCUT2D eigenvalue weighted by atomic mass is 15.3. The van der Waals surface area contributed by atoms with Crippen LogP contribution < -0.4 is 15.5 Å². The van der Waals surface area contributed by atoms with Crippen molar-refractivity contribution in [3.8, 4) is 0 Å². The Bertz CT molecular complexity index is 706. The largest absolute Gasteiger partial charge is 0.357 e. The molecule has 1 aliphatic heterocycles. The fraction of sp³-hybridized carbons (Fsp3) is 0.588. The zero-order chi connectivity index (χ0) is 18.9. The van der Waals surface area contributed by atoms with Crippen LogP contribution in [-0.2, 0) is 13.6 Å². The minimum absolute atomic E-state index is 0.502. The van der Waals surface area contributed by atoms with Crippen molar-refractivity contribution in [2.24, 2.45) is 12.0 Å². The van der Waals surface area contributed by atoms with Crippen molar-refractivity contribution >= 4 is 11.9 Å². The van der Waals surface area contributed by atoms with E-state index < -0.39 is 0 Å². The Morgan fingerprint density at radius 2 is 1.89 bits per heavy atom. The molecule has 3 heterocycles. The lowest BCUT2D eigenvalue weighted by molar-refractivity contribution is 0.260. The summed E-state index contributed by atoms with van der Waals surface area (Å²) in [6.45, 7) is 9.10. The first kappa shape index (κ1) is 19.0. The van der Waals surface area contributed by atoms with E-state index in [1.807, 2.05) is 13.1 Å². The van der Waals surface area contributed by atoms with E-state index in [2.05, 4.69) is 52.4 Å². The summed E-state index contributed by atoms with van der Waals surface area (Å²) in [5.74, 6) is 2.46. The molecule has 1 fully saturated rings. The van der Waals surface area contributed by atoms with Gasteiger partial charge in [0.2, 0.25) is 5.95 Å². The molecule has 2 aromatic rings. The number of anilines is 1. The van der Waals surface area contributed by atoms with Gasteiger partial charge in [-0.15, -0.1) is 0 Å². The molecule has 2 N–H and O–H groups in total. The Hall–Kier alpha value is -2.75. The number of hydrogen-bond acceptors (Lipinski definition) is 7. The third-order valence-corrected chi connectivity index (χ3v) is 4.46. The molecule has 0 bridgehead atoms. The molecular weight excluding hydrogens is 344 g/mol. The van der Waals surface area contributed by atoms with Crippen LogP contribution in [0, 0.1) is 0 Å². The van der Waals surface area contributed by atoms with E-state index in [4.69, 9.17) is 0 Å². The van der Waals surface area contributed by atoms with E-state index in [0.29, 0.717) is 6.54 Å². The summed E-state index contributed by atoms with van der Waals surface area (Å²) in [7, 11) is 1.87. The van der Waals surface area contributed by atoms with E-state index in [1.165, 1.54) is 0 Å². The van der Waals surface area contributed by atoms with Gasteiger partial charge in [0.25, 0.3) is 0 Å². The third kappa shape index (κ3) is 5.61. The average molecular weight is 372 g/mol. The molecule has 0 spiro atoms. The van der Waals surface area contributed by atoms with Crippen LogP contribution in [-0.4, -0.2) is 81.4 Å². The minimum atomic E-state index is 0.502. The Morgan fingerprint density at radius 3 is 2.56 bits per heavy atom. The van der Waals surface area contributed by atoms with Crippen LogP contribution in [0.25, 0.3) is 0 Å². The highest BCUT2D eigenvalue weighted by Gasteiger charge is 2.18. The zero-order valence-corrected chi connectivity index (χ0v) is 16.0. The number of rotatable bonds is 7. The Balaban J connectivity index is 1.41. The van der Waals surface area contributed by atoms with Gasteiger partial charge in [-0.05, 0) is 13.0 Å². The first-order chi connectivity index (χ1) is 13.3. The van der Waals surface area contributed by atoms with Crippen LogP contribution in [0.4, 0.5) is 5.95 Å². The van der Waals surface area contributed by atoms with Crippen LogP contribution in [0.3, 0.4) is 0 Å². The second-order valence-corrected chi connectivity index (χ2v) is 6.30. The smallest absolute Gasteiger partial charge is 0.225 e. The third-order valence-electron chi connectivity index (χ3n) is 4.46. The van der Waals surface area contributed by atoms with E-state index in [-0.39, 0.29) is 0 Å². The van der Waals surface area contributed by atoms with Crippen molar-refractivity contribution in [3.63, 3.8) is 0 Å². The topological polar surface area (TPSA) is 99.4 Å². The number of aliphatic imine (C=N–C) groups is 1. The lowest BCUT2D eigenvalue weighted by Gasteiger charge is -2.34. The molecule has 0 aliphatic carbocycles. The van der Waals surface area contributed by atoms with Crippen molar-refractivity contribution < 1.29 is 0 Å². The molecule has 1 saturated heterocycles. The summed E-state index contributed by atoms with van der Waals surface area (Å²) >= 11 is 0. The number of nitrogens with zero attached hydrogens (tertiary/aromatic N) is 8. The number of hydrogen-bond donors (Lipinski definition) is 2. The van der Waals surface area contributed by atoms with Crippen LogP contribution in [0.2, 0.25) is 0 Å². The molecule has 3 rings (SSSR count). The normalized spacial score (nSPS) is 15.8. The molecule has 0 saturated carbocycles. The number of piperazine rings is 1. The monoisotopic (exact) mass is 372 g/mol. The van der Waals surface area contributed by atoms with Gasteiger partial charge in [0.15, 0.2) is 5.96 Å². The number of aromatic nitrogens is 5. The molecule has 0 radical (unpaired) electrons. The highest BCUT2D eigenvalue weighted by molar-refractivity contribution is 5.79. The second kappa shape index (κ2) is 9.81. The van der Waals surface area contributed by atoms with Gasteiger partial charge in [0, 0.05) is 65.3 Å². The summed E-state index contributed by atoms with van der Waals surface area (Å²) in [5.41, 5.74) is 0. The summed E-state index contributed by atoms with van der Waals surface area (Å²) in [5, 5.41) is 10.7. The van der Waals surface area contributed by atoms with Crippen molar-refractivity contribution in [2.45, 2.75) is 13.5 Å². The van der Waals surface area contributed by atoms with Crippen LogP contribution >= 0.6 is 0 Å². The van der Waals surface area contributed by atoms with Crippen molar-refractivity contribution in [2.75, 3.05) is 50.7 Å². The van der Waals surface area contributed by atoms with E-state index >= 15 is 0 Å². The molecule has 1 aliphatic rings. The predicted molar refractivity (Wildman–Crippen MR) is 105 cm³/mol. The molecule has 2 aromatic heterocycles. The minimum Gasteiger partial charge on any atom is -0.357 e. The lowest BCUT2D eigenvalue weighted by atomic mass is 10.3. The lowest BCUT2D eigenvalue weighted by Crippen LogP contribution is -2.49. The van der Waals surface area contributed by atoms with Gasteiger partial charge in [0.05, 0.1) is 0 Å².